The summed E-state index contributed by atoms with van der Waals surface area (Å²) in [5.41, 5.74) is 2.71. The number of nitrogens with zero attached hydrogens (tertiary/aromatic N) is 2. The molecule has 3 N–H and O–H groups in total. The number of carbonyl (C=O) groups excluding carboxylic acids is 2. The highest BCUT2D eigenvalue weighted by Crippen LogP contribution is 2.27. The minimum absolute atomic E-state index is 0.198. The smallest absolute Gasteiger partial charge is 0.308 e. The Hall–Kier alpha value is -3.01. The van der Waals surface area contributed by atoms with Crippen molar-refractivity contribution < 1.29 is 9.59 Å². The maximum absolute atomic E-state index is 12.4. The number of carbonyl (C=O) groups is 2. The van der Waals surface area contributed by atoms with Crippen molar-refractivity contribution in [1.82, 2.24) is 9.97 Å². The lowest BCUT2D eigenvalue weighted by Gasteiger charge is -2.05. The second-order valence-electron chi connectivity index (χ2n) is 6.07. The van der Waals surface area contributed by atoms with Crippen molar-refractivity contribution in [1.29, 1.82) is 0 Å². The van der Waals surface area contributed by atoms with Crippen molar-refractivity contribution in [2.75, 3.05) is 16.0 Å². The Morgan fingerprint density at radius 1 is 1.00 bits per heavy atom. The zero-order valence-electron chi connectivity index (χ0n) is 15.0. The molecule has 0 aliphatic carbocycles. The highest BCUT2D eigenvalue weighted by Gasteiger charge is 2.15. The Balaban J connectivity index is 1.39. The lowest BCUT2D eigenvalue weighted by atomic mass is 10.2. The number of hydrogen-bond donors (Lipinski definition) is 3. The molecule has 0 saturated carbocycles. The van der Waals surface area contributed by atoms with E-state index in [2.05, 4.69) is 25.9 Å². The van der Waals surface area contributed by atoms with Crippen LogP contribution in [0.2, 0.25) is 5.02 Å². The molecule has 0 aliphatic rings. The first-order chi connectivity index (χ1) is 14.0. The zero-order chi connectivity index (χ0) is 20.4. The predicted octanol–water partition coefficient (Wildman–Crippen LogP) is 5.61. The van der Waals surface area contributed by atoms with E-state index in [4.69, 9.17) is 11.6 Å². The minimum atomic E-state index is -0.477. The lowest BCUT2D eigenvalue weighted by Crippen LogP contribution is -2.19. The summed E-state index contributed by atoms with van der Waals surface area (Å²) in [4.78, 5) is 33.1. The van der Waals surface area contributed by atoms with Crippen LogP contribution < -0.4 is 16.0 Å². The molecule has 0 bridgehead atoms. The summed E-state index contributed by atoms with van der Waals surface area (Å²) in [6, 6.07) is 12.2. The third kappa shape index (κ3) is 4.70. The van der Waals surface area contributed by atoms with Gasteiger partial charge in [-0.25, -0.2) is 14.8 Å². The van der Waals surface area contributed by atoms with Crippen LogP contribution in [0.3, 0.4) is 0 Å². The number of urea groups is 1. The van der Waals surface area contributed by atoms with Gasteiger partial charge in [0.15, 0.2) is 10.3 Å². The molecule has 7 nitrogen and oxygen atoms in total. The molecule has 0 atom stereocenters. The highest BCUT2D eigenvalue weighted by molar-refractivity contribution is 7.22. The quantitative estimate of drug-likeness (QED) is 0.382. The zero-order valence-corrected chi connectivity index (χ0v) is 17.4. The highest BCUT2D eigenvalue weighted by atomic mass is 35.5. The van der Waals surface area contributed by atoms with Gasteiger partial charge in [0.05, 0.1) is 10.2 Å². The summed E-state index contributed by atoms with van der Waals surface area (Å²) in [5.74, 6) is -0.389. The Bertz CT molecular complexity index is 1220. The average Bonchev–Trinajstić information content (AvgIpc) is 3.27. The molecule has 0 unspecified atom stereocenters. The molecule has 2 aromatic heterocycles. The summed E-state index contributed by atoms with van der Waals surface area (Å²) in [6.45, 7) is 2.00. The normalized spacial score (nSPS) is 10.7. The van der Waals surface area contributed by atoms with Crippen LogP contribution >= 0.6 is 34.3 Å². The van der Waals surface area contributed by atoms with Crippen molar-refractivity contribution in [3.63, 3.8) is 0 Å². The number of benzene rings is 2. The number of halogens is 1. The fourth-order valence-corrected chi connectivity index (χ4v) is 4.34. The van der Waals surface area contributed by atoms with Crippen LogP contribution in [0.4, 0.5) is 20.7 Å². The maximum atomic E-state index is 12.4. The van der Waals surface area contributed by atoms with Gasteiger partial charge in [-0.05, 0) is 42.8 Å². The van der Waals surface area contributed by atoms with E-state index in [1.54, 1.807) is 29.6 Å². The van der Waals surface area contributed by atoms with E-state index in [0.29, 0.717) is 21.0 Å². The number of aryl methyl sites for hydroxylation is 1. The summed E-state index contributed by atoms with van der Waals surface area (Å²) >= 11 is 8.44. The van der Waals surface area contributed by atoms with E-state index < -0.39 is 6.03 Å². The molecule has 10 heteroatoms. The number of hydrogen-bond acceptors (Lipinski definition) is 6. The van der Waals surface area contributed by atoms with Crippen LogP contribution in [0.25, 0.3) is 10.2 Å². The van der Waals surface area contributed by atoms with Gasteiger partial charge in [-0.2, -0.15) is 0 Å². The van der Waals surface area contributed by atoms with Gasteiger partial charge in [0.1, 0.15) is 5.69 Å². The van der Waals surface area contributed by atoms with Crippen LogP contribution in [-0.2, 0) is 0 Å². The molecule has 3 amide bonds. The largest absolute Gasteiger partial charge is 0.325 e. The van der Waals surface area contributed by atoms with E-state index >= 15 is 0 Å². The number of fused-ring (bicyclic) bond motifs is 1. The van der Waals surface area contributed by atoms with Crippen molar-refractivity contribution in [2.24, 2.45) is 0 Å². The number of thiazole rings is 2. The minimum Gasteiger partial charge on any atom is -0.308 e. The molecule has 4 rings (SSSR count). The lowest BCUT2D eigenvalue weighted by molar-refractivity contribution is 0.102. The van der Waals surface area contributed by atoms with E-state index in [0.717, 1.165) is 27.1 Å². The number of rotatable bonds is 4. The van der Waals surface area contributed by atoms with Crippen LogP contribution in [0.15, 0.2) is 47.8 Å². The summed E-state index contributed by atoms with van der Waals surface area (Å²) < 4.78 is 0.999. The molecule has 4 aromatic rings. The van der Waals surface area contributed by atoms with Gasteiger partial charge >= 0.3 is 6.03 Å². The molecule has 146 valence electrons. The number of amides is 3. The fourth-order valence-electron chi connectivity index (χ4n) is 2.51. The van der Waals surface area contributed by atoms with Gasteiger partial charge in [0.2, 0.25) is 0 Å². The first-order valence-electron chi connectivity index (χ1n) is 8.44. The third-order valence-corrected chi connectivity index (χ3v) is 5.73. The number of anilines is 3. The molecule has 0 aliphatic heterocycles. The molecule has 29 heavy (non-hydrogen) atoms. The third-order valence-electron chi connectivity index (χ3n) is 3.80. The Morgan fingerprint density at radius 2 is 1.86 bits per heavy atom. The van der Waals surface area contributed by atoms with Gasteiger partial charge < -0.3 is 5.32 Å². The molecule has 2 heterocycles. The van der Waals surface area contributed by atoms with Crippen molar-refractivity contribution >= 4 is 72.4 Å². The van der Waals surface area contributed by atoms with Crippen LogP contribution in [0.1, 0.15) is 16.1 Å². The molecule has 0 spiro atoms. The average molecular weight is 444 g/mol. The summed E-state index contributed by atoms with van der Waals surface area (Å²) in [7, 11) is 0. The first-order valence-corrected chi connectivity index (χ1v) is 10.5. The summed E-state index contributed by atoms with van der Waals surface area (Å²) in [5, 5.41) is 10.9. The monoisotopic (exact) mass is 443 g/mol. The number of nitrogens with one attached hydrogen (secondary N) is 3. The van der Waals surface area contributed by atoms with Gasteiger partial charge in [-0.15, -0.1) is 11.3 Å². The van der Waals surface area contributed by atoms with Gasteiger partial charge in [0, 0.05) is 16.1 Å². The fraction of sp³-hybridized carbons (Fsp3) is 0.0526. The topological polar surface area (TPSA) is 96.0 Å². The maximum Gasteiger partial charge on any atom is 0.325 e. The van der Waals surface area contributed by atoms with Gasteiger partial charge in [-0.1, -0.05) is 35.1 Å². The molecular weight excluding hydrogens is 430 g/mol. The van der Waals surface area contributed by atoms with Gasteiger partial charge in [0.25, 0.3) is 5.91 Å². The first kappa shape index (κ1) is 19.3. The van der Waals surface area contributed by atoms with E-state index in [9.17, 15) is 9.59 Å². The van der Waals surface area contributed by atoms with E-state index in [1.807, 2.05) is 25.1 Å². The van der Waals surface area contributed by atoms with E-state index in [-0.39, 0.29) is 11.6 Å². The van der Waals surface area contributed by atoms with E-state index in [1.165, 1.54) is 11.3 Å². The molecule has 2 aromatic carbocycles. The predicted molar refractivity (Wildman–Crippen MR) is 119 cm³/mol. The van der Waals surface area contributed by atoms with Crippen molar-refractivity contribution in [3.8, 4) is 0 Å². The molecule has 0 radical (unpaired) electrons. The Labute approximate surface area is 178 Å². The van der Waals surface area contributed by atoms with Crippen molar-refractivity contribution in [3.05, 3.63) is 64.1 Å². The Morgan fingerprint density at radius 3 is 2.69 bits per heavy atom. The molecular formula is C19H14ClN5O2S2. The number of aromatic nitrogens is 2. The van der Waals surface area contributed by atoms with Gasteiger partial charge in [-0.3, -0.25) is 15.4 Å². The van der Waals surface area contributed by atoms with Crippen LogP contribution in [0.5, 0.6) is 0 Å². The summed E-state index contributed by atoms with van der Waals surface area (Å²) in [6.07, 6.45) is 0. The van der Waals surface area contributed by atoms with Crippen LogP contribution in [0, 0.1) is 6.92 Å². The second kappa shape index (κ2) is 8.16. The molecule has 0 saturated heterocycles. The standard InChI is InChI=1S/C19H14ClN5O2S2/c1-10-5-6-13-15(7-10)29-19(22-13)24-16(26)14-9-28-18(23-14)25-17(27)21-12-4-2-3-11(20)8-12/h2-9H,1H3,(H,22,24,26)(H2,21,23,25,27). The van der Waals surface area contributed by atoms with Crippen molar-refractivity contribution in [2.45, 2.75) is 6.92 Å². The molecule has 0 fully saturated rings. The van der Waals surface area contributed by atoms with Crippen LogP contribution in [-0.4, -0.2) is 21.9 Å². The Kier molecular flexibility index (Phi) is 5.43. The SMILES string of the molecule is Cc1ccc2nc(NC(=O)c3csc(NC(=O)Nc4cccc(Cl)c4)n3)sc2c1. The second-order valence-corrected chi connectivity index (χ2v) is 8.40.